The Bertz CT molecular complexity index is 999. The van der Waals surface area contributed by atoms with Crippen LogP contribution in [0.15, 0.2) is 54.9 Å². The van der Waals surface area contributed by atoms with Crippen LogP contribution >= 0.6 is 0 Å². The number of hydrogen-bond donors (Lipinski definition) is 1. The minimum atomic E-state index is -4.21. The first-order valence-electron chi connectivity index (χ1n) is 9.91. The molecule has 1 N–H and O–H groups in total. The number of aromatic nitrogens is 2. The molecule has 30 heavy (non-hydrogen) atoms. The molecule has 2 atom stereocenters. The fraction of sp³-hybridized carbons (Fsp3) is 0.364. The number of amides is 1. The number of imidazole rings is 1. The first-order valence-corrected chi connectivity index (χ1v) is 9.91. The zero-order chi connectivity index (χ0) is 21.1. The predicted molar refractivity (Wildman–Crippen MR) is 105 cm³/mol. The number of halogens is 3. The Morgan fingerprint density at radius 2 is 2.07 bits per heavy atom. The molecule has 0 bridgehead atoms. The van der Waals surface area contributed by atoms with Gasteiger partial charge in [-0.25, -0.2) is 4.98 Å². The lowest BCUT2D eigenvalue weighted by atomic mass is 9.85. The summed E-state index contributed by atoms with van der Waals surface area (Å²) in [5, 5.41) is 2.75. The first kappa shape index (κ1) is 20.3. The lowest BCUT2D eigenvalue weighted by molar-refractivity contribution is -0.183. The van der Waals surface area contributed by atoms with Crippen LogP contribution in [0.25, 0.3) is 5.65 Å². The molecule has 1 aliphatic carbocycles. The lowest BCUT2D eigenvalue weighted by Gasteiger charge is -2.31. The van der Waals surface area contributed by atoms with Gasteiger partial charge in [-0.2, -0.15) is 13.2 Å². The molecule has 158 valence electrons. The van der Waals surface area contributed by atoms with E-state index in [0.717, 1.165) is 11.3 Å². The van der Waals surface area contributed by atoms with Crippen molar-refractivity contribution < 1.29 is 22.7 Å². The first-order chi connectivity index (χ1) is 14.4. The van der Waals surface area contributed by atoms with E-state index in [9.17, 15) is 18.0 Å². The lowest BCUT2D eigenvalue weighted by Crippen LogP contribution is -2.41. The molecule has 0 spiro atoms. The van der Waals surface area contributed by atoms with Crippen LogP contribution in [0.1, 0.15) is 41.7 Å². The van der Waals surface area contributed by atoms with Crippen molar-refractivity contribution in [1.82, 2.24) is 14.7 Å². The quantitative estimate of drug-likeness (QED) is 0.651. The topological polar surface area (TPSA) is 55.6 Å². The molecule has 5 nitrogen and oxygen atoms in total. The summed E-state index contributed by atoms with van der Waals surface area (Å²) in [5.41, 5.74) is 1.92. The van der Waals surface area contributed by atoms with Crippen molar-refractivity contribution in [2.75, 3.05) is 0 Å². The Morgan fingerprint density at radius 3 is 2.87 bits per heavy atom. The molecule has 1 amide bonds. The fourth-order valence-electron chi connectivity index (χ4n) is 3.83. The SMILES string of the molecule is O=C(N[C@H]1CCC[C@@H](C(F)(F)F)C1)c1cccc(OCc2cn3ccccc3n2)c1. The molecule has 1 fully saturated rings. The molecule has 0 saturated heterocycles. The Morgan fingerprint density at radius 1 is 1.20 bits per heavy atom. The van der Waals surface area contributed by atoms with Crippen LogP contribution in [-0.2, 0) is 6.61 Å². The molecule has 2 aromatic heterocycles. The van der Waals surface area contributed by atoms with Crippen molar-refractivity contribution in [1.29, 1.82) is 0 Å². The number of rotatable bonds is 5. The molecule has 1 saturated carbocycles. The van der Waals surface area contributed by atoms with E-state index in [0.29, 0.717) is 24.2 Å². The third-order valence-electron chi connectivity index (χ3n) is 5.37. The highest BCUT2D eigenvalue weighted by atomic mass is 19.4. The number of carbonyl (C=O) groups is 1. The van der Waals surface area contributed by atoms with E-state index in [2.05, 4.69) is 10.3 Å². The summed E-state index contributed by atoms with van der Waals surface area (Å²) in [6, 6.07) is 11.9. The Kier molecular flexibility index (Phi) is 5.65. The largest absolute Gasteiger partial charge is 0.487 e. The number of alkyl halides is 3. The summed E-state index contributed by atoms with van der Waals surface area (Å²) < 4.78 is 46.6. The minimum absolute atomic E-state index is 0.0701. The van der Waals surface area contributed by atoms with E-state index in [1.807, 2.05) is 35.0 Å². The van der Waals surface area contributed by atoms with Gasteiger partial charge in [-0.15, -0.1) is 0 Å². The van der Waals surface area contributed by atoms with Crippen molar-refractivity contribution in [3.63, 3.8) is 0 Å². The van der Waals surface area contributed by atoms with E-state index >= 15 is 0 Å². The molecule has 3 aromatic rings. The maximum atomic E-state index is 13.0. The molecule has 0 radical (unpaired) electrons. The zero-order valence-corrected chi connectivity index (χ0v) is 16.2. The highest BCUT2D eigenvalue weighted by molar-refractivity contribution is 5.94. The van der Waals surface area contributed by atoms with Gasteiger partial charge in [0.15, 0.2) is 0 Å². The van der Waals surface area contributed by atoms with Crippen LogP contribution in [0.3, 0.4) is 0 Å². The van der Waals surface area contributed by atoms with Crippen molar-refractivity contribution >= 4 is 11.6 Å². The molecule has 1 aliphatic rings. The molecule has 2 heterocycles. The van der Waals surface area contributed by atoms with Gasteiger partial charge in [-0.1, -0.05) is 18.6 Å². The maximum Gasteiger partial charge on any atom is 0.391 e. The Labute approximate surface area is 171 Å². The smallest absolute Gasteiger partial charge is 0.391 e. The number of fused-ring (bicyclic) bond motifs is 1. The monoisotopic (exact) mass is 417 g/mol. The third kappa shape index (κ3) is 4.75. The molecular weight excluding hydrogens is 395 g/mol. The summed E-state index contributed by atoms with van der Waals surface area (Å²) in [4.78, 5) is 17.0. The third-order valence-corrected chi connectivity index (χ3v) is 5.37. The number of hydrogen-bond acceptors (Lipinski definition) is 3. The molecule has 4 rings (SSSR count). The van der Waals surface area contributed by atoms with Crippen molar-refractivity contribution in [2.24, 2.45) is 5.92 Å². The number of pyridine rings is 1. The van der Waals surface area contributed by atoms with Crippen LogP contribution in [0.5, 0.6) is 5.75 Å². The van der Waals surface area contributed by atoms with Gasteiger partial charge in [-0.3, -0.25) is 4.79 Å². The van der Waals surface area contributed by atoms with Crippen LogP contribution in [0.2, 0.25) is 0 Å². The summed E-state index contributed by atoms with van der Waals surface area (Å²) in [7, 11) is 0. The van der Waals surface area contributed by atoms with Gasteiger partial charge < -0.3 is 14.5 Å². The molecular formula is C22H22F3N3O2. The van der Waals surface area contributed by atoms with Crippen molar-refractivity contribution in [3.05, 3.63) is 66.1 Å². The summed E-state index contributed by atoms with van der Waals surface area (Å²) >= 11 is 0. The van der Waals surface area contributed by atoms with E-state index in [1.54, 1.807) is 24.3 Å². The van der Waals surface area contributed by atoms with Gasteiger partial charge in [0.25, 0.3) is 5.91 Å². The number of carbonyl (C=O) groups excluding carboxylic acids is 1. The summed E-state index contributed by atoms with van der Waals surface area (Å²) in [6.45, 7) is 0.239. The van der Waals surface area contributed by atoms with Gasteiger partial charge in [0, 0.05) is 24.0 Å². The average Bonchev–Trinajstić information content (AvgIpc) is 3.15. The van der Waals surface area contributed by atoms with Gasteiger partial charge in [0.1, 0.15) is 18.0 Å². The highest BCUT2D eigenvalue weighted by Gasteiger charge is 2.42. The van der Waals surface area contributed by atoms with Crippen molar-refractivity contribution in [3.8, 4) is 5.75 Å². The average molecular weight is 417 g/mol. The molecule has 8 heteroatoms. The van der Waals surface area contributed by atoms with Gasteiger partial charge in [0.05, 0.1) is 11.6 Å². The molecule has 0 aliphatic heterocycles. The van der Waals surface area contributed by atoms with E-state index in [1.165, 1.54) is 0 Å². The highest BCUT2D eigenvalue weighted by Crippen LogP contribution is 2.37. The Hall–Kier alpha value is -3.03. The van der Waals surface area contributed by atoms with E-state index in [4.69, 9.17) is 4.74 Å². The second-order valence-electron chi connectivity index (χ2n) is 7.59. The maximum absolute atomic E-state index is 13.0. The summed E-state index contributed by atoms with van der Waals surface area (Å²) in [5.74, 6) is -1.24. The zero-order valence-electron chi connectivity index (χ0n) is 16.2. The number of ether oxygens (including phenoxy) is 1. The fourth-order valence-corrected chi connectivity index (χ4v) is 3.83. The van der Waals surface area contributed by atoms with Gasteiger partial charge in [-0.05, 0) is 49.6 Å². The van der Waals surface area contributed by atoms with Crippen LogP contribution in [0, 0.1) is 5.92 Å². The molecule has 1 aromatic carbocycles. The second-order valence-corrected chi connectivity index (χ2v) is 7.59. The standard InChI is InChI=1S/C22H22F3N3O2/c23-22(24,25)16-6-4-7-17(12-16)27-21(29)15-5-3-8-19(11-15)30-14-18-13-28-10-2-1-9-20(28)26-18/h1-3,5,8-11,13,16-17H,4,6-7,12,14H2,(H,27,29)/t16-,17+/m1/s1. The normalized spacial score (nSPS) is 19.6. The van der Waals surface area contributed by atoms with Crippen LogP contribution in [-0.4, -0.2) is 27.5 Å². The van der Waals surface area contributed by atoms with Crippen molar-refractivity contribution in [2.45, 2.75) is 44.5 Å². The van der Waals surface area contributed by atoms with E-state index in [-0.39, 0.29) is 25.4 Å². The molecule has 0 unspecified atom stereocenters. The van der Waals surface area contributed by atoms with Crippen LogP contribution in [0.4, 0.5) is 13.2 Å². The van der Waals surface area contributed by atoms with Gasteiger partial charge in [0.2, 0.25) is 0 Å². The minimum Gasteiger partial charge on any atom is -0.487 e. The van der Waals surface area contributed by atoms with E-state index < -0.39 is 18.1 Å². The number of nitrogens with zero attached hydrogens (tertiary/aromatic N) is 2. The van der Waals surface area contributed by atoms with Crippen LogP contribution < -0.4 is 10.1 Å². The Balaban J connectivity index is 1.37. The predicted octanol–water partition coefficient (Wildman–Crippen LogP) is 4.76. The van der Waals surface area contributed by atoms with Gasteiger partial charge >= 0.3 is 6.18 Å². The number of nitrogens with one attached hydrogen (secondary N) is 1. The second kappa shape index (κ2) is 8.38. The summed E-state index contributed by atoms with van der Waals surface area (Å²) in [6.07, 6.45) is 0.619. The number of benzene rings is 1.